The first-order valence-electron chi connectivity index (χ1n) is 13.2. The van der Waals surface area contributed by atoms with E-state index in [-0.39, 0.29) is 6.10 Å². The second-order valence-electron chi connectivity index (χ2n) is 9.11. The summed E-state index contributed by atoms with van der Waals surface area (Å²) in [6.45, 7) is 6.95. The van der Waals surface area contributed by atoms with Gasteiger partial charge in [0, 0.05) is 6.08 Å². The van der Waals surface area contributed by atoms with Crippen LogP contribution in [0.3, 0.4) is 0 Å². The molecule has 1 rings (SSSR count). The van der Waals surface area contributed by atoms with Gasteiger partial charge in [-0.25, -0.2) is 4.79 Å². The van der Waals surface area contributed by atoms with E-state index in [0.29, 0.717) is 0 Å². The number of carboxylic acids is 1. The molecule has 0 spiro atoms. The number of rotatable bonds is 20. The van der Waals surface area contributed by atoms with Crippen molar-refractivity contribution in [1.29, 1.82) is 0 Å². The second kappa shape index (κ2) is 18.1. The molecular formula is C28H48O3Si. The van der Waals surface area contributed by atoms with Gasteiger partial charge in [0.15, 0.2) is 8.32 Å². The van der Waals surface area contributed by atoms with Crippen molar-refractivity contribution in [3.63, 3.8) is 0 Å². The normalized spacial score (nSPS) is 13.0. The van der Waals surface area contributed by atoms with Gasteiger partial charge in [-0.3, -0.25) is 0 Å². The Bertz CT molecular complexity index is 602. The topological polar surface area (TPSA) is 46.5 Å². The van der Waals surface area contributed by atoms with Crippen molar-refractivity contribution in [2.45, 2.75) is 122 Å². The maximum atomic E-state index is 10.4. The van der Waals surface area contributed by atoms with Crippen molar-refractivity contribution in [1.82, 2.24) is 0 Å². The van der Waals surface area contributed by atoms with Gasteiger partial charge in [-0.05, 0) is 43.0 Å². The minimum atomic E-state index is -1.60. The lowest BCUT2D eigenvalue weighted by atomic mass is 10.0. The molecule has 32 heavy (non-hydrogen) atoms. The molecule has 0 aliphatic rings. The van der Waals surface area contributed by atoms with Crippen molar-refractivity contribution in [2.24, 2.45) is 0 Å². The first kappa shape index (κ1) is 28.6. The van der Waals surface area contributed by atoms with Gasteiger partial charge < -0.3 is 9.53 Å². The maximum absolute atomic E-state index is 10.4. The highest BCUT2D eigenvalue weighted by atomic mass is 28.4. The molecule has 182 valence electrons. The highest BCUT2D eigenvalue weighted by molar-refractivity contribution is 6.73. The van der Waals surface area contributed by atoms with E-state index in [2.05, 4.69) is 51.1 Å². The standard InChI is InChI=1S/C28H48O3Si/c1-4-32(5-2,6-3)31-27(26-22-18-17-19-23-26)24-20-15-13-11-9-7-8-10-12-14-16-21-25-28(29)30/h17-19,21-23,25,27H,4-16,20,24H2,1-3H3,(H,29,30). The van der Waals surface area contributed by atoms with E-state index in [9.17, 15) is 4.79 Å². The van der Waals surface area contributed by atoms with Crippen LogP contribution in [0.2, 0.25) is 18.1 Å². The number of hydrogen-bond donors (Lipinski definition) is 1. The molecule has 1 unspecified atom stereocenters. The van der Waals surface area contributed by atoms with E-state index in [1.165, 1.54) is 87.6 Å². The Kier molecular flexibility index (Phi) is 16.2. The Morgan fingerprint density at radius 1 is 0.844 bits per heavy atom. The highest BCUT2D eigenvalue weighted by Gasteiger charge is 2.32. The van der Waals surface area contributed by atoms with Crippen LogP contribution in [0.25, 0.3) is 0 Å². The molecule has 1 N–H and O–H groups in total. The molecule has 0 aliphatic carbocycles. The van der Waals surface area contributed by atoms with Crippen LogP contribution < -0.4 is 0 Å². The quantitative estimate of drug-likeness (QED) is 0.120. The first-order valence-corrected chi connectivity index (χ1v) is 15.7. The number of unbranched alkanes of at least 4 members (excludes halogenated alkanes) is 10. The summed E-state index contributed by atoms with van der Waals surface area (Å²) in [5.74, 6) is -0.842. The third-order valence-electron chi connectivity index (χ3n) is 6.84. The van der Waals surface area contributed by atoms with Crippen LogP contribution in [0.1, 0.15) is 109 Å². The third-order valence-corrected chi connectivity index (χ3v) is 11.5. The Labute approximate surface area is 198 Å². The number of aliphatic carboxylic acids is 1. The summed E-state index contributed by atoms with van der Waals surface area (Å²) in [5.41, 5.74) is 1.36. The molecule has 1 aromatic carbocycles. The average molecular weight is 461 g/mol. The minimum absolute atomic E-state index is 0.271. The van der Waals surface area contributed by atoms with Gasteiger partial charge in [-0.15, -0.1) is 0 Å². The summed E-state index contributed by atoms with van der Waals surface area (Å²) >= 11 is 0. The molecule has 0 aromatic heterocycles. The lowest BCUT2D eigenvalue weighted by molar-refractivity contribution is -0.131. The fraction of sp³-hybridized carbons (Fsp3) is 0.679. The van der Waals surface area contributed by atoms with E-state index >= 15 is 0 Å². The minimum Gasteiger partial charge on any atom is -0.478 e. The zero-order valence-corrected chi connectivity index (χ0v) is 22.0. The van der Waals surface area contributed by atoms with Crippen LogP contribution >= 0.6 is 0 Å². The van der Waals surface area contributed by atoms with Gasteiger partial charge in [0.05, 0.1) is 6.10 Å². The number of carboxylic acid groups (broad SMARTS) is 1. The van der Waals surface area contributed by atoms with E-state index in [1.807, 2.05) is 0 Å². The summed E-state index contributed by atoms with van der Waals surface area (Å²) in [4.78, 5) is 10.4. The smallest absolute Gasteiger partial charge is 0.327 e. The van der Waals surface area contributed by atoms with Crippen LogP contribution in [0.4, 0.5) is 0 Å². The molecule has 3 nitrogen and oxygen atoms in total. The number of benzene rings is 1. The van der Waals surface area contributed by atoms with Crippen LogP contribution in [0, 0.1) is 0 Å². The maximum Gasteiger partial charge on any atom is 0.327 e. The van der Waals surface area contributed by atoms with Crippen molar-refractivity contribution >= 4 is 14.3 Å². The van der Waals surface area contributed by atoms with Gasteiger partial charge in [0.25, 0.3) is 0 Å². The SMILES string of the molecule is CC[Si](CC)(CC)OC(CCCCCCCCCCCCC=CC(=O)O)c1ccccc1. The molecule has 0 bridgehead atoms. The van der Waals surface area contributed by atoms with Crippen LogP contribution in [0.5, 0.6) is 0 Å². The number of carbonyl (C=O) groups is 1. The molecule has 0 heterocycles. The summed E-state index contributed by atoms with van der Waals surface area (Å²) < 4.78 is 6.90. The predicted octanol–water partition coefficient (Wildman–Crippen LogP) is 9.07. The largest absolute Gasteiger partial charge is 0.478 e. The van der Waals surface area contributed by atoms with E-state index in [0.717, 1.165) is 19.3 Å². The van der Waals surface area contributed by atoms with Crippen LogP contribution in [0.15, 0.2) is 42.5 Å². The Hall–Kier alpha value is -1.39. The van der Waals surface area contributed by atoms with Crippen LogP contribution in [-0.2, 0) is 9.22 Å². The lowest BCUT2D eigenvalue weighted by Crippen LogP contribution is -2.37. The lowest BCUT2D eigenvalue weighted by Gasteiger charge is -2.33. The molecule has 0 saturated carbocycles. The number of hydrogen-bond acceptors (Lipinski definition) is 2. The highest BCUT2D eigenvalue weighted by Crippen LogP contribution is 2.33. The van der Waals surface area contributed by atoms with Gasteiger partial charge in [-0.1, -0.05) is 115 Å². The molecule has 0 amide bonds. The van der Waals surface area contributed by atoms with Gasteiger partial charge >= 0.3 is 5.97 Å². The molecule has 0 radical (unpaired) electrons. The zero-order chi connectivity index (χ0) is 23.5. The van der Waals surface area contributed by atoms with E-state index in [1.54, 1.807) is 6.08 Å². The van der Waals surface area contributed by atoms with E-state index in [4.69, 9.17) is 9.53 Å². The molecule has 0 aliphatic heterocycles. The Morgan fingerprint density at radius 3 is 1.84 bits per heavy atom. The second-order valence-corrected chi connectivity index (χ2v) is 13.8. The average Bonchev–Trinajstić information content (AvgIpc) is 2.82. The summed E-state index contributed by atoms with van der Waals surface area (Å²) in [6.07, 6.45) is 18.1. The Balaban J connectivity index is 2.19. The summed E-state index contributed by atoms with van der Waals surface area (Å²) in [5, 5.41) is 8.55. The van der Waals surface area contributed by atoms with E-state index < -0.39 is 14.3 Å². The summed E-state index contributed by atoms with van der Waals surface area (Å²) in [6, 6.07) is 14.5. The molecule has 0 saturated heterocycles. The van der Waals surface area contributed by atoms with Crippen molar-refractivity contribution in [3.8, 4) is 0 Å². The molecule has 0 fully saturated rings. The molecule has 1 aromatic rings. The summed E-state index contributed by atoms with van der Waals surface area (Å²) in [7, 11) is -1.60. The third kappa shape index (κ3) is 12.6. The molecule has 1 atom stereocenters. The molecule has 4 heteroatoms. The van der Waals surface area contributed by atoms with Gasteiger partial charge in [-0.2, -0.15) is 0 Å². The predicted molar refractivity (Wildman–Crippen MR) is 140 cm³/mol. The van der Waals surface area contributed by atoms with Crippen LogP contribution in [-0.4, -0.2) is 19.4 Å². The molecular weight excluding hydrogens is 412 g/mol. The van der Waals surface area contributed by atoms with Crippen molar-refractivity contribution in [2.75, 3.05) is 0 Å². The fourth-order valence-corrected chi connectivity index (χ4v) is 7.31. The van der Waals surface area contributed by atoms with Crippen molar-refractivity contribution in [3.05, 3.63) is 48.0 Å². The van der Waals surface area contributed by atoms with Crippen molar-refractivity contribution < 1.29 is 14.3 Å². The van der Waals surface area contributed by atoms with Gasteiger partial charge in [0.2, 0.25) is 0 Å². The fourth-order valence-electron chi connectivity index (χ4n) is 4.45. The zero-order valence-electron chi connectivity index (χ0n) is 21.0. The monoisotopic (exact) mass is 460 g/mol. The number of allylic oxidation sites excluding steroid dienone is 1. The van der Waals surface area contributed by atoms with Gasteiger partial charge in [0.1, 0.15) is 0 Å². The first-order chi connectivity index (χ1) is 15.6. The Morgan fingerprint density at radius 2 is 1.34 bits per heavy atom.